The van der Waals surface area contributed by atoms with E-state index >= 15 is 0 Å². The van der Waals surface area contributed by atoms with Gasteiger partial charge >= 0.3 is 12.0 Å². The summed E-state index contributed by atoms with van der Waals surface area (Å²) in [6.07, 6.45) is 0. The highest BCUT2D eigenvalue weighted by Crippen LogP contribution is 2.13. The molecule has 0 spiro atoms. The van der Waals surface area contributed by atoms with Crippen LogP contribution in [-0.2, 0) is 4.74 Å². The van der Waals surface area contributed by atoms with Gasteiger partial charge in [0.05, 0.1) is 5.56 Å². The summed E-state index contributed by atoms with van der Waals surface area (Å²) >= 11 is 0. The van der Waals surface area contributed by atoms with Crippen molar-refractivity contribution in [3.05, 3.63) is 59.7 Å². The number of primary amides is 1. The van der Waals surface area contributed by atoms with Crippen molar-refractivity contribution in [2.45, 2.75) is 6.92 Å². The highest BCUT2D eigenvalue weighted by molar-refractivity contribution is 5.91. The Morgan fingerprint density at radius 3 is 2.48 bits per heavy atom. The summed E-state index contributed by atoms with van der Waals surface area (Å²) in [7, 11) is 0. The zero-order valence-corrected chi connectivity index (χ0v) is 12.7. The van der Waals surface area contributed by atoms with E-state index in [0.717, 1.165) is 11.3 Å². The van der Waals surface area contributed by atoms with Gasteiger partial charge in [-0.2, -0.15) is 0 Å². The Bertz CT molecular complexity index is 683. The van der Waals surface area contributed by atoms with Crippen LogP contribution in [0.5, 0.6) is 5.75 Å². The van der Waals surface area contributed by atoms with E-state index in [1.807, 2.05) is 31.2 Å². The van der Waals surface area contributed by atoms with Crippen LogP contribution < -0.4 is 15.8 Å². The van der Waals surface area contributed by atoms with Crippen LogP contribution in [0.1, 0.15) is 15.9 Å². The molecule has 0 radical (unpaired) electrons. The van der Waals surface area contributed by atoms with Gasteiger partial charge in [-0.15, -0.1) is 0 Å². The maximum atomic E-state index is 11.9. The number of rotatable bonds is 6. The number of amides is 2. The molecule has 23 heavy (non-hydrogen) atoms. The first kappa shape index (κ1) is 16.4. The zero-order chi connectivity index (χ0) is 16.7. The van der Waals surface area contributed by atoms with E-state index in [-0.39, 0.29) is 13.2 Å². The molecule has 2 rings (SSSR count). The highest BCUT2D eigenvalue weighted by Gasteiger charge is 2.07. The molecule has 0 bridgehead atoms. The Morgan fingerprint density at radius 2 is 1.83 bits per heavy atom. The molecule has 0 saturated heterocycles. The normalized spacial score (nSPS) is 9.96. The van der Waals surface area contributed by atoms with Crippen LogP contribution in [0.25, 0.3) is 0 Å². The quantitative estimate of drug-likeness (QED) is 0.633. The molecule has 0 aliphatic rings. The number of carbonyl (C=O) groups excluding carboxylic acids is 2. The van der Waals surface area contributed by atoms with Crippen LogP contribution in [0.2, 0.25) is 0 Å². The molecule has 2 amide bonds. The number of aryl methyl sites for hydroxylation is 1. The summed E-state index contributed by atoms with van der Waals surface area (Å²) in [5.74, 6) is 0.284. The minimum absolute atomic E-state index is 0.147. The first-order valence-corrected chi connectivity index (χ1v) is 7.08. The molecule has 2 aromatic rings. The molecule has 0 aliphatic heterocycles. The minimum atomic E-state index is -0.659. The van der Waals surface area contributed by atoms with Crippen molar-refractivity contribution in [1.29, 1.82) is 0 Å². The molecule has 6 nitrogen and oxygen atoms in total. The molecular weight excluding hydrogens is 296 g/mol. The Morgan fingerprint density at radius 1 is 1.09 bits per heavy atom. The predicted octanol–water partition coefficient (Wildman–Crippen LogP) is 2.72. The van der Waals surface area contributed by atoms with Gasteiger partial charge in [0, 0.05) is 5.69 Å². The first-order valence-electron chi connectivity index (χ1n) is 7.08. The summed E-state index contributed by atoms with van der Waals surface area (Å²) in [5, 5.41) is 2.41. The van der Waals surface area contributed by atoms with Gasteiger partial charge < -0.3 is 20.5 Å². The average Bonchev–Trinajstić information content (AvgIpc) is 2.51. The van der Waals surface area contributed by atoms with Gasteiger partial charge in [0.25, 0.3) is 0 Å². The van der Waals surface area contributed by atoms with Crippen molar-refractivity contribution >= 4 is 17.7 Å². The molecule has 0 aromatic heterocycles. The molecule has 6 heteroatoms. The molecule has 0 saturated carbocycles. The fourth-order valence-corrected chi connectivity index (χ4v) is 1.91. The van der Waals surface area contributed by atoms with E-state index in [4.69, 9.17) is 15.2 Å². The Labute approximate surface area is 134 Å². The topological polar surface area (TPSA) is 90.7 Å². The SMILES string of the molecule is Cc1cccc(OCCOC(=O)c2ccc(NC(N)=O)cc2)c1. The average molecular weight is 314 g/mol. The Balaban J connectivity index is 1.77. The fraction of sp³-hybridized carbons (Fsp3) is 0.176. The highest BCUT2D eigenvalue weighted by atomic mass is 16.6. The lowest BCUT2D eigenvalue weighted by Crippen LogP contribution is -2.19. The van der Waals surface area contributed by atoms with Crippen LogP contribution in [0.4, 0.5) is 10.5 Å². The third-order valence-electron chi connectivity index (χ3n) is 2.96. The number of carbonyl (C=O) groups is 2. The maximum Gasteiger partial charge on any atom is 0.338 e. The first-order chi connectivity index (χ1) is 11.0. The van der Waals surface area contributed by atoms with E-state index in [9.17, 15) is 9.59 Å². The number of benzene rings is 2. The van der Waals surface area contributed by atoms with Crippen LogP contribution >= 0.6 is 0 Å². The standard InChI is InChI=1S/C17H18N2O4/c1-12-3-2-4-15(11-12)22-9-10-23-16(20)13-5-7-14(8-6-13)19-17(18)21/h2-8,11H,9-10H2,1H3,(H3,18,19,21). The second-order valence-corrected chi connectivity index (χ2v) is 4.87. The smallest absolute Gasteiger partial charge is 0.338 e. The summed E-state index contributed by atoms with van der Waals surface area (Å²) in [4.78, 5) is 22.6. The fourth-order valence-electron chi connectivity index (χ4n) is 1.91. The summed E-state index contributed by atoms with van der Waals surface area (Å²) in [6, 6.07) is 13.2. The number of hydrogen-bond donors (Lipinski definition) is 2. The Hall–Kier alpha value is -3.02. The Kier molecular flexibility index (Phi) is 5.57. The molecular formula is C17H18N2O4. The van der Waals surface area contributed by atoms with Crippen molar-refractivity contribution < 1.29 is 19.1 Å². The number of anilines is 1. The zero-order valence-electron chi connectivity index (χ0n) is 12.7. The van der Waals surface area contributed by atoms with Gasteiger partial charge in [0.15, 0.2) is 0 Å². The number of nitrogens with one attached hydrogen (secondary N) is 1. The van der Waals surface area contributed by atoms with Gasteiger partial charge in [-0.05, 0) is 48.9 Å². The molecule has 0 heterocycles. The number of hydrogen-bond acceptors (Lipinski definition) is 4. The number of urea groups is 1. The third-order valence-corrected chi connectivity index (χ3v) is 2.96. The number of nitrogens with two attached hydrogens (primary N) is 1. The van der Waals surface area contributed by atoms with Gasteiger partial charge in [-0.3, -0.25) is 0 Å². The second-order valence-electron chi connectivity index (χ2n) is 4.87. The van der Waals surface area contributed by atoms with Gasteiger partial charge in [-0.25, -0.2) is 9.59 Å². The van der Waals surface area contributed by atoms with Crippen molar-refractivity contribution in [2.75, 3.05) is 18.5 Å². The molecule has 0 aliphatic carbocycles. The second kappa shape index (κ2) is 7.84. The van der Waals surface area contributed by atoms with E-state index in [0.29, 0.717) is 11.3 Å². The minimum Gasteiger partial charge on any atom is -0.490 e. The van der Waals surface area contributed by atoms with Crippen LogP contribution in [0, 0.1) is 6.92 Å². The van der Waals surface area contributed by atoms with E-state index in [1.165, 1.54) is 0 Å². The number of esters is 1. The number of ether oxygens (including phenoxy) is 2. The van der Waals surface area contributed by atoms with Gasteiger partial charge in [0.2, 0.25) is 0 Å². The summed E-state index contributed by atoms with van der Waals surface area (Å²) in [5.41, 5.74) is 7.00. The lowest BCUT2D eigenvalue weighted by atomic mass is 10.2. The van der Waals surface area contributed by atoms with Crippen LogP contribution in [0.3, 0.4) is 0 Å². The lowest BCUT2D eigenvalue weighted by Gasteiger charge is -2.08. The largest absolute Gasteiger partial charge is 0.490 e. The molecule has 120 valence electrons. The van der Waals surface area contributed by atoms with Gasteiger partial charge in [-0.1, -0.05) is 12.1 Å². The molecule has 0 unspecified atom stereocenters. The van der Waals surface area contributed by atoms with Gasteiger partial charge in [0.1, 0.15) is 19.0 Å². The van der Waals surface area contributed by atoms with E-state index in [1.54, 1.807) is 24.3 Å². The molecule has 0 fully saturated rings. The monoisotopic (exact) mass is 314 g/mol. The molecule has 0 atom stereocenters. The van der Waals surface area contributed by atoms with Crippen LogP contribution in [-0.4, -0.2) is 25.2 Å². The van der Waals surface area contributed by atoms with E-state index < -0.39 is 12.0 Å². The summed E-state index contributed by atoms with van der Waals surface area (Å²) in [6.45, 7) is 2.40. The third kappa shape index (κ3) is 5.35. The van der Waals surface area contributed by atoms with Crippen molar-refractivity contribution in [1.82, 2.24) is 0 Å². The molecule has 3 N–H and O–H groups in total. The maximum absolute atomic E-state index is 11.9. The van der Waals surface area contributed by atoms with Crippen molar-refractivity contribution in [2.24, 2.45) is 5.73 Å². The van der Waals surface area contributed by atoms with Crippen molar-refractivity contribution in [3.8, 4) is 5.75 Å². The molecule has 2 aromatic carbocycles. The lowest BCUT2D eigenvalue weighted by molar-refractivity contribution is 0.0450. The van der Waals surface area contributed by atoms with Crippen molar-refractivity contribution in [3.63, 3.8) is 0 Å². The van der Waals surface area contributed by atoms with E-state index in [2.05, 4.69) is 5.32 Å². The van der Waals surface area contributed by atoms with Crippen LogP contribution in [0.15, 0.2) is 48.5 Å². The predicted molar refractivity (Wildman–Crippen MR) is 86.6 cm³/mol. The summed E-state index contributed by atoms with van der Waals surface area (Å²) < 4.78 is 10.6.